The molecule has 0 aromatic carbocycles. The summed E-state index contributed by atoms with van der Waals surface area (Å²) in [6.45, 7) is 6.49. The second-order valence-corrected chi connectivity index (χ2v) is 8.22. The van der Waals surface area contributed by atoms with E-state index >= 15 is 0 Å². The van der Waals surface area contributed by atoms with Gasteiger partial charge >= 0.3 is 5.97 Å². The van der Waals surface area contributed by atoms with Gasteiger partial charge in [0.2, 0.25) is 0 Å². The van der Waals surface area contributed by atoms with Crippen LogP contribution < -0.4 is 0 Å². The van der Waals surface area contributed by atoms with Crippen LogP contribution in [0.25, 0.3) is 0 Å². The van der Waals surface area contributed by atoms with E-state index in [0.29, 0.717) is 0 Å². The number of ether oxygens (including phenoxy) is 1. The summed E-state index contributed by atoms with van der Waals surface area (Å²) < 4.78 is 5.61. The number of hydrogen-bond acceptors (Lipinski definition) is 2. The molecule has 0 amide bonds. The number of rotatable bonds is 7. The molecule has 2 aliphatic carbocycles. The summed E-state index contributed by atoms with van der Waals surface area (Å²) in [4.78, 5) is 12.3. The first-order valence-corrected chi connectivity index (χ1v) is 10.3. The maximum atomic E-state index is 12.3. The first-order valence-electron chi connectivity index (χ1n) is 10.3. The third-order valence-electron chi connectivity index (χ3n) is 6.37. The van der Waals surface area contributed by atoms with E-state index in [-0.39, 0.29) is 18.0 Å². The van der Waals surface area contributed by atoms with Crippen molar-refractivity contribution in [2.24, 2.45) is 23.7 Å². The van der Waals surface area contributed by atoms with Crippen LogP contribution in [0.5, 0.6) is 0 Å². The van der Waals surface area contributed by atoms with E-state index in [1.807, 2.05) is 6.92 Å². The van der Waals surface area contributed by atoms with E-state index in [9.17, 15) is 4.79 Å². The second-order valence-electron chi connectivity index (χ2n) is 8.22. The Bertz CT molecular complexity index is 336. The molecule has 2 fully saturated rings. The smallest absolute Gasteiger partial charge is 0.309 e. The molecule has 0 radical (unpaired) electrons. The van der Waals surface area contributed by atoms with Gasteiger partial charge in [0.15, 0.2) is 0 Å². The normalized spacial score (nSPS) is 33.2. The van der Waals surface area contributed by atoms with Gasteiger partial charge in [-0.3, -0.25) is 4.79 Å². The molecule has 2 nitrogen and oxygen atoms in total. The van der Waals surface area contributed by atoms with Crippen LogP contribution >= 0.6 is 0 Å². The van der Waals surface area contributed by atoms with E-state index in [2.05, 4.69) is 13.8 Å². The molecule has 0 spiro atoms. The second kappa shape index (κ2) is 9.69. The highest BCUT2D eigenvalue weighted by atomic mass is 16.5. The van der Waals surface area contributed by atoms with E-state index in [1.54, 1.807) is 0 Å². The molecule has 1 unspecified atom stereocenters. The Morgan fingerprint density at radius 1 is 0.913 bits per heavy atom. The van der Waals surface area contributed by atoms with Gasteiger partial charge in [-0.05, 0) is 69.6 Å². The van der Waals surface area contributed by atoms with Crippen molar-refractivity contribution in [3.05, 3.63) is 0 Å². The maximum Gasteiger partial charge on any atom is 0.309 e. The van der Waals surface area contributed by atoms with Crippen molar-refractivity contribution in [3.63, 3.8) is 0 Å². The largest absolute Gasteiger partial charge is 0.462 e. The fourth-order valence-corrected chi connectivity index (χ4v) is 4.94. The predicted molar refractivity (Wildman–Crippen MR) is 96.3 cm³/mol. The molecule has 23 heavy (non-hydrogen) atoms. The zero-order valence-corrected chi connectivity index (χ0v) is 15.7. The van der Waals surface area contributed by atoms with Gasteiger partial charge in [0.25, 0.3) is 0 Å². The lowest BCUT2D eigenvalue weighted by atomic mass is 9.69. The fourth-order valence-electron chi connectivity index (χ4n) is 4.94. The Morgan fingerprint density at radius 3 is 2.00 bits per heavy atom. The Kier molecular flexibility index (Phi) is 7.92. The topological polar surface area (TPSA) is 26.3 Å². The molecule has 1 atom stereocenters. The summed E-state index contributed by atoms with van der Waals surface area (Å²) in [7, 11) is 0. The molecule has 134 valence electrons. The molecule has 2 heteroatoms. The summed E-state index contributed by atoms with van der Waals surface area (Å²) in [6, 6.07) is 0. The van der Waals surface area contributed by atoms with Crippen molar-refractivity contribution in [2.45, 2.75) is 104 Å². The molecule has 0 heterocycles. The Morgan fingerprint density at radius 2 is 1.48 bits per heavy atom. The summed E-state index contributed by atoms with van der Waals surface area (Å²) in [6.07, 6.45) is 15.4. The van der Waals surface area contributed by atoms with E-state index in [0.717, 1.165) is 43.4 Å². The predicted octanol–water partition coefficient (Wildman–Crippen LogP) is 6.13. The van der Waals surface area contributed by atoms with Crippen molar-refractivity contribution in [1.82, 2.24) is 0 Å². The molecular weight excluding hydrogens is 284 g/mol. The van der Waals surface area contributed by atoms with E-state index < -0.39 is 0 Å². The van der Waals surface area contributed by atoms with Crippen LogP contribution in [0.4, 0.5) is 0 Å². The third kappa shape index (κ3) is 5.80. The number of carbonyl (C=O) groups excluding carboxylic acids is 1. The minimum absolute atomic E-state index is 0.0797. The zero-order valence-electron chi connectivity index (χ0n) is 15.7. The fraction of sp³-hybridized carbons (Fsp3) is 0.952. The zero-order chi connectivity index (χ0) is 16.7. The van der Waals surface area contributed by atoms with Gasteiger partial charge in [0.05, 0.1) is 12.0 Å². The Balaban J connectivity index is 1.69. The van der Waals surface area contributed by atoms with Crippen LogP contribution in [0.3, 0.4) is 0 Å². The molecule has 0 saturated heterocycles. The highest BCUT2D eigenvalue weighted by Crippen LogP contribution is 2.42. The van der Waals surface area contributed by atoms with Crippen molar-refractivity contribution in [1.29, 1.82) is 0 Å². The van der Waals surface area contributed by atoms with Crippen LogP contribution in [0.2, 0.25) is 0 Å². The Labute approximate surface area is 143 Å². The average molecular weight is 323 g/mol. The van der Waals surface area contributed by atoms with Crippen molar-refractivity contribution < 1.29 is 9.53 Å². The molecule has 0 aliphatic heterocycles. The highest BCUT2D eigenvalue weighted by Gasteiger charge is 2.33. The summed E-state index contributed by atoms with van der Waals surface area (Å²) in [5.74, 6) is 3.09. The lowest BCUT2D eigenvalue weighted by Gasteiger charge is -2.37. The van der Waals surface area contributed by atoms with Crippen molar-refractivity contribution in [3.8, 4) is 0 Å². The highest BCUT2D eigenvalue weighted by molar-refractivity contribution is 5.72. The molecule has 0 aromatic rings. The Hall–Kier alpha value is -0.530. The van der Waals surface area contributed by atoms with Gasteiger partial charge in [-0.15, -0.1) is 0 Å². The summed E-state index contributed by atoms with van der Waals surface area (Å²) >= 11 is 0. The van der Waals surface area contributed by atoms with Crippen molar-refractivity contribution in [2.75, 3.05) is 0 Å². The van der Waals surface area contributed by atoms with Gasteiger partial charge in [-0.2, -0.15) is 0 Å². The minimum Gasteiger partial charge on any atom is -0.462 e. The number of hydrogen-bond donors (Lipinski definition) is 0. The third-order valence-corrected chi connectivity index (χ3v) is 6.37. The monoisotopic (exact) mass is 322 g/mol. The quantitative estimate of drug-likeness (QED) is 0.527. The van der Waals surface area contributed by atoms with Gasteiger partial charge in [0.1, 0.15) is 0 Å². The molecule has 0 bridgehead atoms. The average Bonchev–Trinajstić information content (AvgIpc) is 2.56. The van der Waals surface area contributed by atoms with E-state index in [1.165, 1.54) is 51.4 Å². The van der Waals surface area contributed by atoms with Crippen LogP contribution in [0.15, 0.2) is 0 Å². The number of esters is 1. The molecule has 2 rings (SSSR count). The molecular formula is C21H38O2. The van der Waals surface area contributed by atoms with Crippen molar-refractivity contribution >= 4 is 5.97 Å². The minimum atomic E-state index is 0.0797. The lowest BCUT2D eigenvalue weighted by Crippen LogP contribution is -2.30. The first kappa shape index (κ1) is 18.8. The van der Waals surface area contributed by atoms with E-state index in [4.69, 9.17) is 4.74 Å². The number of carbonyl (C=O) groups is 1. The molecule has 0 aromatic heterocycles. The SMILES string of the molecule is CCCC1CCC(C2CCC(C(=O)OC(C)CCC)CC2)CC1. The lowest BCUT2D eigenvalue weighted by molar-refractivity contribution is -0.155. The van der Waals surface area contributed by atoms with Gasteiger partial charge in [-0.25, -0.2) is 0 Å². The molecule has 0 N–H and O–H groups in total. The van der Waals surface area contributed by atoms with Crippen LogP contribution in [0.1, 0.15) is 97.8 Å². The summed E-state index contributed by atoms with van der Waals surface area (Å²) in [5, 5.41) is 0. The first-order chi connectivity index (χ1) is 11.1. The van der Waals surface area contributed by atoms with Gasteiger partial charge < -0.3 is 4.74 Å². The van der Waals surface area contributed by atoms with Gasteiger partial charge in [-0.1, -0.05) is 46.0 Å². The molecule has 2 saturated carbocycles. The standard InChI is InChI=1S/C21H38O2/c1-4-6-16(3)23-21(22)20-14-12-19(13-15-20)18-10-8-17(7-5-2)9-11-18/h16-20H,4-15H2,1-3H3. The van der Waals surface area contributed by atoms with Gasteiger partial charge in [0, 0.05) is 0 Å². The van der Waals surface area contributed by atoms with Crippen LogP contribution in [-0.2, 0) is 9.53 Å². The summed E-state index contributed by atoms with van der Waals surface area (Å²) in [5.41, 5.74) is 0. The van der Waals surface area contributed by atoms with Crippen LogP contribution in [-0.4, -0.2) is 12.1 Å². The molecule has 2 aliphatic rings. The van der Waals surface area contributed by atoms with Crippen LogP contribution in [0, 0.1) is 23.7 Å². The maximum absolute atomic E-state index is 12.3.